The van der Waals surface area contributed by atoms with Gasteiger partial charge in [0.25, 0.3) is 0 Å². The van der Waals surface area contributed by atoms with E-state index in [0.717, 1.165) is 27.9 Å². The van der Waals surface area contributed by atoms with E-state index in [9.17, 15) is 0 Å². The van der Waals surface area contributed by atoms with Gasteiger partial charge in [-0.2, -0.15) is 0 Å². The van der Waals surface area contributed by atoms with Gasteiger partial charge >= 0.3 is 0 Å². The second-order valence-electron chi connectivity index (χ2n) is 6.38. The zero-order valence-electron chi connectivity index (χ0n) is 16.0. The highest BCUT2D eigenvalue weighted by atomic mass is 16.5. The van der Waals surface area contributed by atoms with Crippen LogP contribution >= 0.6 is 0 Å². The van der Waals surface area contributed by atoms with Crippen LogP contribution in [-0.2, 0) is 13.7 Å². The van der Waals surface area contributed by atoms with Crippen LogP contribution in [0, 0.1) is 0 Å². The Kier molecular flexibility index (Phi) is 4.85. The lowest BCUT2D eigenvalue weighted by Crippen LogP contribution is -2.01. The number of hydrogen-bond donors (Lipinski definition) is 0. The smallest absolute Gasteiger partial charge is 0.241 e. The lowest BCUT2D eigenvalue weighted by molar-refractivity contribution is 0.297. The van der Waals surface area contributed by atoms with E-state index in [2.05, 4.69) is 4.98 Å². The van der Waals surface area contributed by atoms with Crippen molar-refractivity contribution < 1.29 is 14.2 Å². The first-order valence-corrected chi connectivity index (χ1v) is 8.91. The van der Waals surface area contributed by atoms with Gasteiger partial charge in [0.2, 0.25) is 5.88 Å². The number of benzene rings is 2. The Hall–Kier alpha value is -3.54. The van der Waals surface area contributed by atoms with Gasteiger partial charge in [0.05, 0.1) is 31.8 Å². The summed E-state index contributed by atoms with van der Waals surface area (Å²) in [4.78, 5) is 9.25. The van der Waals surface area contributed by atoms with E-state index in [4.69, 9.17) is 19.2 Å². The quantitative estimate of drug-likeness (QED) is 0.505. The molecule has 0 aliphatic heterocycles. The van der Waals surface area contributed by atoms with E-state index in [0.29, 0.717) is 24.0 Å². The summed E-state index contributed by atoms with van der Waals surface area (Å²) in [5.74, 6) is 1.87. The number of methoxy groups -OCH3 is 2. The van der Waals surface area contributed by atoms with Crippen LogP contribution in [0.5, 0.6) is 17.4 Å². The summed E-state index contributed by atoms with van der Waals surface area (Å²) >= 11 is 0. The third-order valence-corrected chi connectivity index (χ3v) is 4.56. The topological polar surface area (TPSA) is 58.4 Å². The lowest BCUT2D eigenvalue weighted by Gasteiger charge is -2.12. The predicted octanol–water partition coefficient (Wildman–Crippen LogP) is 4.23. The average Bonchev–Trinajstić information content (AvgIpc) is 3.13. The number of ether oxygens (including phenoxy) is 3. The summed E-state index contributed by atoms with van der Waals surface area (Å²) in [6, 6.07) is 17.7. The highest BCUT2D eigenvalue weighted by Gasteiger charge is 2.15. The molecule has 0 N–H and O–H groups in total. The molecular weight excluding hydrogens is 354 g/mol. The number of fused-ring (bicyclic) bond motifs is 1. The maximum Gasteiger partial charge on any atom is 0.241 e. The van der Waals surface area contributed by atoms with Crippen molar-refractivity contribution in [2.75, 3.05) is 14.2 Å². The van der Waals surface area contributed by atoms with E-state index < -0.39 is 0 Å². The molecule has 2 aromatic carbocycles. The molecule has 6 nitrogen and oxygen atoms in total. The van der Waals surface area contributed by atoms with Gasteiger partial charge < -0.3 is 18.8 Å². The van der Waals surface area contributed by atoms with Gasteiger partial charge in [-0.15, -0.1) is 0 Å². The fourth-order valence-electron chi connectivity index (χ4n) is 3.11. The van der Waals surface area contributed by atoms with Crippen LogP contribution in [0.4, 0.5) is 0 Å². The van der Waals surface area contributed by atoms with Crippen molar-refractivity contribution in [3.63, 3.8) is 0 Å². The normalized spacial score (nSPS) is 10.8. The number of hydrogen-bond acceptors (Lipinski definition) is 5. The zero-order valence-corrected chi connectivity index (χ0v) is 16.0. The average molecular weight is 375 g/mol. The Morgan fingerprint density at radius 3 is 2.46 bits per heavy atom. The van der Waals surface area contributed by atoms with Crippen LogP contribution in [0.25, 0.3) is 22.3 Å². The fourth-order valence-corrected chi connectivity index (χ4v) is 3.11. The zero-order chi connectivity index (χ0) is 19.5. The molecule has 0 spiro atoms. The molecule has 2 aromatic heterocycles. The second-order valence-corrected chi connectivity index (χ2v) is 6.38. The fraction of sp³-hybridized carbons (Fsp3) is 0.182. The molecule has 0 aliphatic carbocycles. The molecule has 142 valence electrons. The van der Waals surface area contributed by atoms with E-state index >= 15 is 0 Å². The molecule has 0 unspecified atom stereocenters. The summed E-state index contributed by atoms with van der Waals surface area (Å²) in [7, 11) is 5.17. The van der Waals surface area contributed by atoms with Gasteiger partial charge in [0, 0.05) is 12.6 Å². The van der Waals surface area contributed by atoms with Crippen LogP contribution in [-0.4, -0.2) is 28.8 Å². The number of imidazole rings is 1. The van der Waals surface area contributed by atoms with Crippen LogP contribution in [0.1, 0.15) is 5.56 Å². The highest BCUT2D eigenvalue weighted by molar-refractivity contribution is 5.84. The van der Waals surface area contributed by atoms with Gasteiger partial charge in [-0.1, -0.05) is 30.3 Å². The Morgan fingerprint density at radius 1 is 0.929 bits per heavy atom. The van der Waals surface area contributed by atoms with E-state index in [1.807, 2.05) is 66.2 Å². The molecular formula is C22H21N3O3. The molecule has 0 radical (unpaired) electrons. The maximum atomic E-state index is 6.08. The number of rotatable bonds is 6. The molecule has 0 saturated carbocycles. The van der Waals surface area contributed by atoms with Crippen molar-refractivity contribution in [3.05, 3.63) is 66.5 Å². The highest BCUT2D eigenvalue weighted by Crippen LogP contribution is 2.34. The Labute approximate surface area is 163 Å². The number of nitrogens with zero attached hydrogens (tertiary/aromatic N) is 3. The minimum atomic E-state index is 0.434. The third-order valence-electron chi connectivity index (χ3n) is 4.56. The molecule has 28 heavy (non-hydrogen) atoms. The Balaban J connectivity index is 1.76. The van der Waals surface area contributed by atoms with Gasteiger partial charge in [-0.3, -0.25) is 0 Å². The summed E-state index contributed by atoms with van der Waals surface area (Å²) in [5, 5.41) is 0. The molecule has 4 aromatic rings. The number of aryl methyl sites for hydroxylation is 1. The van der Waals surface area contributed by atoms with Crippen LogP contribution < -0.4 is 14.2 Å². The monoisotopic (exact) mass is 375 g/mol. The summed E-state index contributed by atoms with van der Waals surface area (Å²) < 4.78 is 18.7. The standard InChI is InChI=1S/C22H21N3O3/c1-25-14-23-18-12-17(16-9-10-19(26-2)20(11-16)27-3)24-22(21(18)25)28-13-15-7-5-4-6-8-15/h4-12,14H,13H2,1-3H3. The molecule has 4 rings (SSSR count). The third kappa shape index (κ3) is 3.36. The first kappa shape index (κ1) is 17.9. The first-order valence-electron chi connectivity index (χ1n) is 8.91. The number of pyridine rings is 1. The van der Waals surface area contributed by atoms with Gasteiger partial charge in [-0.05, 0) is 29.8 Å². The predicted molar refractivity (Wildman–Crippen MR) is 108 cm³/mol. The summed E-state index contributed by atoms with van der Waals surface area (Å²) in [5.41, 5.74) is 4.42. The Morgan fingerprint density at radius 2 is 1.71 bits per heavy atom. The molecule has 0 amide bonds. The van der Waals surface area contributed by atoms with Crippen molar-refractivity contribution in [2.24, 2.45) is 7.05 Å². The van der Waals surface area contributed by atoms with Gasteiger partial charge in [0.1, 0.15) is 12.1 Å². The first-order chi connectivity index (χ1) is 13.7. The van der Waals surface area contributed by atoms with Crippen molar-refractivity contribution in [1.82, 2.24) is 14.5 Å². The lowest BCUT2D eigenvalue weighted by atomic mass is 10.1. The van der Waals surface area contributed by atoms with Crippen molar-refractivity contribution >= 4 is 11.0 Å². The van der Waals surface area contributed by atoms with Crippen molar-refractivity contribution in [2.45, 2.75) is 6.61 Å². The van der Waals surface area contributed by atoms with E-state index in [-0.39, 0.29) is 0 Å². The molecule has 0 fully saturated rings. The van der Waals surface area contributed by atoms with Crippen molar-refractivity contribution in [1.29, 1.82) is 0 Å². The molecule has 6 heteroatoms. The SMILES string of the molecule is COc1ccc(-c2cc3ncn(C)c3c(OCc3ccccc3)n2)cc1OC. The summed E-state index contributed by atoms with van der Waals surface area (Å²) in [6.07, 6.45) is 1.76. The Bertz CT molecular complexity index is 1110. The van der Waals surface area contributed by atoms with Crippen molar-refractivity contribution in [3.8, 4) is 28.6 Å². The second kappa shape index (κ2) is 7.60. The van der Waals surface area contributed by atoms with E-state index in [1.165, 1.54) is 0 Å². The van der Waals surface area contributed by atoms with Crippen LogP contribution in [0.3, 0.4) is 0 Å². The molecule has 0 bridgehead atoms. The molecule has 0 atom stereocenters. The van der Waals surface area contributed by atoms with Gasteiger partial charge in [-0.25, -0.2) is 9.97 Å². The maximum absolute atomic E-state index is 6.08. The minimum absolute atomic E-state index is 0.434. The van der Waals surface area contributed by atoms with Gasteiger partial charge in [0.15, 0.2) is 11.5 Å². The number of aromatic nitrogens is 3. The minimum Gasteiger partial charge on any atom is -0.493 e. The molecule has 0 saturated heterocycles. The largest absolute Gasteiger partial charge is 0.493 e. The van der Waals surface area contributed by atoms with Crippen LogP contribution in [0.15, 0.2) is 60.9 Å². The molecule has 2 heterocycles. The van der Waals surface area contributed by atoms with Crippen LogP contribution in [0.2, 0.25) is 0 Å². The molecule has 0 aliphatic rings. The summed E-state index contributed by atoms with van der Waals surface area (Å²) in [6.45, 7) is 0.434. The van der Waals surface area contributed by atoms with E-state index in [1.54, 1.807) is 20.5 Å².